The molecule has 2 aliphatic rings. The molecule has 5 nitrogen and oxygen atoms in total. The maximum absolute atomic E-state index is 10.4. The number of allylic oxidation sites excluding steroid dienone is 6. The van der Waals surface area contributed by atoms with Crippen LogP contribution in [-0.4, -0.2) is 34.4 Å². The maximum Gasteiger partial charge on any atom is 0.214 e. The van der Waals surface area contributed by atoms with E-state index in [2.05, 4.69) is 95.8 Å². The Kier molecular flexibility index (Phi) is 12.3. The highest BCUT2D eigenvalue weighted by atomic mass is 35.5. The average molecular weight is 824 g/mol. The number of halogens is 3. The van der Waals surface area contributed by atoms with E-state index in [4.69, 9.17) is 34.8 Å². The molecule has 288 valence electrons. The molecule has 56 heavy (non-hydrogen) atoms. The van der Waals surface area contributed by atoms with E-state index in [1.807, 2.05) is 19.1 Å². The first-order valence-corrected chi connectivity index (χ1v) is 21.9. The highest BCUT2D eigenvalue weighted by Gasteiger charge is 2.31. The number of hydrogen-bond acceptors (Lipinski definition) is 3. The molecule has 0 fully saturated rings. The Morgan fingerprint density at radius 2 is 1.45 bits per heavy atom. The van der Waals surface area contributed by atoms with E-state index in [1.54, 1.807) is 12.1 Å². The molecule has 0 bridgehead atoms. The third-order valence-corrected chi connectivity index (χ3v) is 12.8. The standard InChI is InChI=1S/C40H38Cl3N2.C7H8O3S/c1-3-5-24-44-34(30-14-8-12-28-32(41)18-22-36(44)38(28)30)20-16-26-10-7-11-27(40(26)43)17-21-35-31-15-9-13-29-33(42)19-23-37(39(29)31)45(35)25-6-4-2;1-6-2-4-7(5-3-6)11(8,9)10/h8-9,12-23H,3-7,10-11,24-25H2,1-2H3;2-5H,1H3,(H,8,9,10)/q+1;/p-1. The van der Waals surface area contributed by atoms with Crippen LogP contribution >= 0.6 is 34.8 Å². The number of nitrogens with zero attached hydrogens (tertiary/aromatic N) is 2. The molecule has 9 heteroatoms. The van der Waals surface area contributed by atoms with Gasteiger partial charge in [-0.3, -0.25) is 0 Å². The SMILES string of the molecule is CCCCn1c(=C/C=C2\CCCC(/C=C/C3=[N+](CCCC)c4ccc(Cl)c5cccc3c45)=C2Cl)c2cccc3c(Cl)ccc1c32.Cc1ccc(S(=O)(=O)[O-])cc1. The summed E-state index contributed by atoms with van der Waals surface area (Å²) in [6.45, 7) is 8.26. The van der Waals surface area contributed by atoms with Gasteiger partial charge in [0.05, 0.1) is 15.8 Å². The molecule has 6 aromatic rings. The van der Waals surface area contributed by atoms with Crippen LogP contribution in [0.15, 0.2) is 124 Å². The lowest BCUT2D eigenvalue weighted by atomic mass is 9.93. The fraction of sp³-hybridized carbons (Fsp3) is 0.255. The molecule has 5 aromatic carbocycles. The summed E-state index contributed by atoms with van der Waals surface area (Å²) in [6, 6.07) is 27.1. The summed E-state index contributed by atoms with van der Waals surface area (Å²) in [6.07, 6.45) is 16.6. The molecule has 0 saturated heterocycles. The number of rotatable bonds is 10. The summed E-state index contributed by atoms with van der Waals surface area (Å²) >= 11 is 20.5. The van der Waals surface area contributed by atoms with Gasteiger partial charge in [0, 0.05) is 72.6 Å². The highest BCUT2D eigenvalue weighted by Crippen LogP contribution is 2.40. The van der Waals surface area contributed by atoms with Crippen molar-refractivity contribution in [2.24, 2.45) is 0 Å². The normalized spacial score (nSPS) is 15.7. The molecule has 8 rings (SSSR count). The van der Waals surface area contributed by atoms with E-state index >= 15 is 0 Å². The molecule has 0 saturated carbocycles. The zero-order valence-electron chi connectivity index (χ0n) is 31.9. The van der Waals surface area contributed by atoms with Crippen molar-refractivity contribution in [3.8, 4) is 0 Å². The minimum Gasteiger partial charge on any atom is -0.744 e. The summed E-state index contributed by atoms with van der Waals surface area (Å²) in [5.41, 5.74) is 8.28. The molecule has 0 atom stereocenters. The van der Waals surface area contributed by atoms with E-state index < -0.39 is 10.1 Å². The summed E-state index contributed by atoms with van der Waals surface area (Å²) in [5, 5.41) is 9.68. The van der Waals surface area contributed by atoms with Crippen molar-refractivity contribution in [1.82, 2.24) is 4.57 Å². The molecule has 1 aliphatic carbocycles. The first kappa shape index (κ1) is 40.0. The minimum absolute atomic E-state index is 0.178. The van der Waals surface area contributed by atoms with Gasteiger partial charge in [-0.15, -0.1) is 0 Å². The van der Waals surface area contributed by atoms with Gasteiger partial charge in [0.15, 0.2) is 0 Å². The molecule has 2 heterocycles. The highest BCUT2D eigenvalue weighted by molar-refractivity contribution is 7.85. The summed E-state index contributed by atoms with van der Waals surface area (Å²) < 4.78 is 36.1. The zero-order valence-corrected chi connectivity index (χ0v) is 35.0. The lowest BCUT2D eigenvalue weighted by Gasteiger charge is -2.16. The average Bonchev–Trinajstić information content (AvgIpc) is 3.67. The summed E-state index contributed by atoms with van der Waals surface area (Å²) in [4.78, 5) is -0.178. The Bertz CT molecular complexity index is 2760. The van der Waals surface area contributed by atoms with Gasteiger partial charge in [0.2, 0.25) is 11.4 Å². The number of benzene rings is 5. The van der Waals surface area contributed by atoms with Crippen LogP contribution < -0.4 is 5.35 Å². The van der Waals surface area contributed by atoms with Gasteiger partial charge in [-0.2, -0.15) is 4.58 Å². The maximum atomic E-state index is 10.4. The Morgan fingerprint density at radius 3 is 2.16 bits per heavy atom. The van der Waals surface area contributed by atoms with E-state index in [0.29, 0.717) is 0 Å². The third kappa shape index (κ3) is 8.00. The van der Waals surface area contributed by atoms with Crippen LogP contribution in [0.4, 0.5) is 5.69 Å². The van der Waals surface area contributed by atoms with Crippen molar-refractivity contribution in [3.63, 3.8) is 0 Å². The van der Waals surface area contributed by atoms with Crippen LogP contribution in [0.2, 0.25) is 10.0 Å². The molecular weight excluding hydrogens is 779 g/mol. The van der Waals surface area contributed by atoms with E-state index in [9.17, 15) is 13.0 Å². The second kappa shape index (κ2) is 17.1. The van der Waals surface area contributed by atoms with Crippen LogP contribution in [0.5, 0.6) is 0 Å². The van der Waals surface area contributed by atoms with Gasteiger partial charge in [-0.05, 0) is 86.2 Å². The molecule has 0 amide bonds. The second-order valence-electron chi connectivity index (χ2n) is 14.5. The number of unbranched alkanes of at least 4 members (excludes halogenated alkanes) is 2. The smallest absolute Gasteiger partial charge is 0.214 e. The monoisotopic (exact) mass is 822 g/mol. The van der Waals surface area contributed by atoms with Gasteiger partial charge < -0.3 is 9.12 Å². The summed E-state index contributed by atoms with van der Waals surface area (Å²) in [7, 11) is -4.27. The number of aryl methyl sites for hydroxylation is 2. The van der Waals surface area contributed by atoms with Crippen molar-refractivity contribution < 1.29 is 17.5 Å². The predicted octanol–water partition coefficient (Wildman–Crippen LogP) is 12.6. The van der Waals surface area contributed by atoms with Crippen molar-refractivity contribution in [3.05, 3.63) is 146 Å². The van der Waals surface area contributed by atoms with Crippen LogP contribution in [0.25, 0.3) is 38.5 Å². The predicted molar refractivity (Wildman–Crippen MR) is 235 cm³/mol. The molecule has 0 radical (unpaired) electrons. The topological polar surface area (TPSA) is 65.1 Å². The van der Waals surface area contributed by atoms with Crippen LogP contribution in [0.3, 0.4) is 0 Å². The first-order chi connectivity index (χ1) is 27.0. The van der Waals surface area contributed by atoms with Crippen molar-refractivity contribution in [2.75, 3.05) is 6.54 Å². The lowest BCUT2D eigenvalue weighted by Crippen LogP contribution is -2.16. The van der Waals surface area contributed by atoms with E-state index in [1.165, 1.54) is 67.3 Å². The minimum atomic E-state index is -4.27. The third-order valence-electron chi connectivity index (χ3n) is 10.8. The Morgan fingerprint density at radius 1 is 0.768 bits per heavy atom. The van der Waals surface area contributed by atoms with E-state index in [0.717, 1.165) is 89.4 Å². The van der Waals surface area contributed by atoms with Gasteiger partial charge >= 0.3 is 0 Å². The van der Waals surface area contributed by atoms with Crippen LogP contribution in [0, 0.1) is 6.92 Å². The fourth-order valence-electron chi connectivity index (χ4n) is 7.88. The van der Waals surface area contributed by atoms with Gasteiger partial charge in [-0.25, -0.2) is 8.42 Å². The van der Waals surface area contributed by atoms with Crippen molar-refractivity contribution in [1.29, 1.82) is 0 Å². The van der Waals surface area contributed by atoms with Crippen molar-refractivity contribution in [2.45, 2.75) is 77.2 Å². The fourth-order valence-corrected chi connectivity index (χ4v) is 9.10. The second-order valence-corrected chi connectivity index (χ2v) is 17.1. The molecule has 1 aliphatic heterocycles. The quantitative estimate of drug-likeness (QED) is 0.102. The lowest BCUT2D eigenvalue weighted by molar-refractivity contribution is -0.436. The Balaban J connectivity index is 0.000000378. The van der Waals surface area contributed by atoms with Gasteiger partial charge in [-0.1, -0.05) is 122 Å². The number of aromatic nitrogens is 1. The molecule has 0 unspecified atom stereocenters. The molecule has 0 spiro atoms. The molecular formula is C47H45Cl3N2O3S. The van der Waals surface area contributed by atoms with Gasteiger partial charge in [0.1, 0.15) is 16.7 Å². The molecule has 0 N–H and O–H groups in total. The van der Waals surface area contributed by atoms with Gasteiger partial charge in [0.25, 0.3) is 0 Å². The Labute approximate surface area is 344 Å². The largest absolute Gasteiger partial charge is 0.744 e. The van der Waals surface area contributed by atoms with Crippen LogP contribution in [0.1, 0.15) is 69.9 Å². The Hall–Kier alpha value is -4.17. The molecule has 1 aromatic heterocycles. The first-order valence-electron chi connectivity index (χ1n) is 19.4. The van der Waals surface area contributed by atoms with Crippen molar-refractivity contribution >= 4 is 94.8 Å². The van der Waals surface area contributed by atoms with Crippen LogP contribution in [-0.2, 0) is 16.7 Å². The summed E-state index contributed by atoms with van der Waals surface area (Å²) in [5.74, 6) is 0. The zero-order chi connectivity index (χ0) is 39.6. The van der Waals surface area contributed by atoms with E-state index in [-0.39, 0.29) is 4.90 Å². The number of hydrogen-bond donors (Lipinski definition) is 0.